The van der Waals surface area contributed by atoms with E-state index in [9.17, 15) is 0 Å². The van der Waals surface area contributed by atoms with Crippen molar-refractivity contribution in [2.75, 3.05) is 0 Å². The molecule has 0 amide bonds. The molecule has 136 valence electrons. The summed E-state index contributed by atoms with van der Waals surface area (Å²) in [5.41, 5.74) is 4.83. The summed E-state index contributed by atoms with van der Waals surface area (Å²) in [7, 11) is 0. The second kappa shape index (κ2) is 16.0. The van der Waals surface area contributed by atoms with Crippen LogP contribution in [0.15, 0.2) is 109 Å². The fraction of sp³-hybridized carbons (Fsp3) is 0.0769. The third kappa shape index (κ3) is 14.6. The number of aryl methyl sites for hydroxylation is 2. The first-order chi connectivity index (χ1) is 12.6. The van der Waals surface area contributed by atoms with Crippen molar-refractivity contribution in [3.63, 3.8) is 0 Å². The molecule has 0 atom stereocenters. The standard InChI is InChI=1S/2C7H7.2C6H7.Zr/c2*1-7-5-3-2-4-6-7;2*1-6-4-2-3-5-6;/h2*2-6H,1H2;2*2-5H,1H3;/q4*-1;+4. The molecule has 0 fully saturated rings. The van der Waals surface area contributed by atoms with Crippen LogP contribution in [0.2, 0.25) is 0 Å². The molecule has 0 aliphatic rings. The average Bonchev–Trinajstić information content (AvgIpc) is 3.31. The van der Waals surface area contributed by atoms with E-state index in [2.05, 4.69) is 52.0 Å². The molecular formula is C26H28Zr. The first-order valence-corrected chi connectivity index (χ1v) is 8.68. The van der Waals surface area contributed by atoms with E-state index in [0.717, 1.165) is 11.1 Å². The fourth-order valence-corrected chi connectivity index (χ4v) is 1.90. The fourth-order valence-electron chi connectivity index (χ4n) is 1.90. The van der Waals surface area contributed by atoms with Gasteiger partial charge in [0.15, 0.2) is 0 Å². The van der Waals surface area contributed by atoms with E-state index in [4.69, 9.17) is 0 Å². The third-order valence-electron chi connectivity index (χ3n) is 3.34. The number of rotatable bonds is 0. The van der Waals surface area contributed by atoms with E-state index in [1.54, 1.807) is 0 Å². The van der Waals surface area contributed by atoms with Crippen molar-refractivity contribution in [1.29, 1.82) is 0 Å². The molecule has 0 aliphatic heterocycles. The van der Waals surface area contributed by atoms with Crippen LogP contribution >= 0.6 is 0 Å². The Morgan fingerprint density at radius 1 is 0.481 bits per heavy atom. The first kappa shape index (κ1) is 24.8. The smallest absolute Gasteiger partial charge is 0.213 e. The largest absolute Gasteiger partial charge is 4.00 e. The van der Waals surface area contributed by atoms with Crippen LogP contribution in [0.3, 0.4) is 0 Å². The molecule has 0 nitrogen and oxygen atoms in total. The number of hydrogen-bond donors (Lipinski definition) is 0. The van der Waals surface area contributed by atoms with Gasteiger partial charge >= 0.3 is 26.2 Å². The predicted molar refractivity (Wildman–Crippen MR) is 115 cm³/mol. The third-order valence-corrected chi connectivity index (χ3v) is 3.34. The number of hydrogen-bond acceptors (Lipinski definition) is 0. The van der Waals surface area contributed by atoms with Gasteiger partial charge in [-0.15, -0.1) is 24.3 Å². The second-order valence-corrected chi connectivity index (χ2v) is 5.90. The molecule has 0 aromatic heterocycles. The molecule has 0 heterocycles. The van der Waals surface area contributed by atoms with E-state index >= 15 is 0 Å². The van der Waals surface area contributed by atoms with Gasteiger partial charge in [-0.2, -0.15) is 84.6 Å². The van der Waals surface area contributed by atoms with Gasteiger partial charge < -0.3 is 0 Å². The molecule has 27 heavy (non-hydrogen) atoms. The molecule has 0 saturated heterocycles. The van der Waals surface area contributed by atoms with Crippen LogP contribution in [0.25, 0.3) is 0 Å². The van der Waals surface area contributed by atoms with Crippen LogP contribution < -0.4 is 0 Å². The molecule has 0 aliphatic carbocycles. The van der Waals surface area contributed by atoms with Gasteiger partial charge in [-0.1, -0.05) is 26.0 Å². The summed E-state index contributed by atoms with van der Waals surface area (Å²) in [6.45, 7) is 11.6. The van der Waals surface area contributed by atoms with Crippen molar-refractivity contribution in [2.24, 2.45) is 0 Å². The summed E-state index contributed by atoms with van der Waals surface area (Å²) in [5.74, 6) is 0. The Labute approximate surface area is 184 Å². The van der Waals surface area contributed by atoms with Gasteiger partial charge in [-0.3, -0.25) is 0 Å². The maximum Gasteiger partial charge on any atom is 4.00 e. The first-order valence-electron chi connectivity index (χ1n) is 8.68. The Morgan fingerprint density at radius 3 is 0.852 bits per heavy atom. The van der Waals surface area contributed by atoms with E-state index in [1.165, 1.54) is 11.1 Å². The van der Waals surface area contributed by atoms with Crippen LogP contribution in [0.1, 0.15) is 22.3 Å². The maximum absolute atomic E-state index is 3.72. The van der Waals surface area contributed by atoms with Crippen molar-refractivity contribution < 1.29 is 26.2 Å². The molecule has 0 bridgehead atoms. The van der Waals surface area contributed by atoms with E-state index < -0.39 is 0 Å². The molecule has 0 N–H and O–H groups in total. The minimum absolute atomic E-state index is 0. The monoisotopic (exact) mass is 430 g/mol. The summed E-state index contributed by atoms with van der Waals surface area (Å²) in [5, 5.41) is 0. The van der Waals surface area contributed by atoms with Crippen molar-refractivity contribution in [3.05, 3.63) is 145 Å². The van der Waals surface area contributed by atoms with Gasteiger partial charge in [0.25, 0.3) is 0 Å². The predicted octanol–water partition coefficient (Wildman–Crippen LogP) is 7.16. The van der Waals surface area contributed by atoms with Crippen LogP contribution in [-0.4, -0.2) is 0 Å². The normalized spacial score (nSPS) is 8.37. The minimum Gasteiger partial charge on any atom is -0.213 e. The van der Waals surface area contributed by atoms with Crippen LogP contribution in [0.5, 0.6) is 0 Å². The van der Waals surface area contributed by atoms with Gasteiger partial charge in [0.05, 0.1) is 0 Å². The zero-order chi connectivity index (χ0) is 19.0. The summed E-state index contributed by atoms with van der Waals surface area (Å²) in [6.07, 6.45) is 0. The van der Waals surface area contributed by atoms with Gasteiger partial charge in [0, 0.05) is 0 Å². The number of benzene rings is 2. The Bertz CT molecular complexity index is 682. The summed E-state index contributed by atoms with van der Waals surface area (Å²) in [4.78, 5) is 0. The van der Waals surface area contributed by atoms with Crippen LogP contribution in [0, 0.1) is 27.7 Å². The van der Waals surface area contributed by atoms with Crippen molar-refractivity contribution >= 4 is 0 Å². The SMILES string of the molecule is C[c-]1cccc1.C[c-]1cccc1.[CH2-]c1ccccc1.[CH2-]c1ccccc1.[Zr+4]. The molecule has 0 spiro atoms. The van der Waals surface area contributed by atoms with Crippen molar-refractivity contribution in [3.8, 4) is 0 Å². The summed E-state index contributed by atoms with van der Waals surface area (Å²) in [6, 6.07) is 36.2. The van der Waals surface area contributed by atoms with Gasteiger partial charge in [-0.25, -0.2) is 24.3 Å². The zero-order valence-corrected chi connectivity index (χ0v) is 18.8. The molecule has 1 heteroatoms. The summed E-state index contributed by atoms with van der Waals surface area (Å²) >= 11 is 0. The Morgan fingerprint density at radius 2 is 0.741 bits per heavy atom. The van der Waals surface area contributed by atoms with Gasteiger partial charge in [-0.05, 0) is 0 Å². The Hall–Kier alpha value is -2.24. The molecule has 4 aromatic carbocycles. The quantitative estimate of drug-likeness (QED) is 0.259. The second-order valence-electron chi connectivity index (χ2n) is 5.90. The average molecular weight is 432 g/mol. The van der Waals surface area contributed by atoms with Crippen LogP contribution in [-0.2, 0) is 26.2 Å². The van der Waals surface area contributed by atoms with Gasteiger partial charge in [0.1, 0.15) is 0 Å². The molecule has 4 aromatic rings. The minimum atomic E-state index is 0. The Kier molecular flexibility index (Phi) is 14.7. The molecule has 0 saturated carbocycles. The maximum atomic E-state index is 3.72. The Balaban J connectivity index is 0.000000331. The van der Waals surface area contributed by atoms with E-state index in [-0.39, 0.29) is 26.2 Å². The molecule has 4 rings (SSSR count). The van der Waals surface area contributed by atoms with Gasteiger partial charge in [0.2, 0.25) is 0 Å². The topological polar surface area (TPSA) is 0 Å². The van der Waals surface area contributed by atoms with E-state index in [0.29, 0.717) is 0 Å². The molecular weight excluding hydrogens is 404 g/mol. The van der Waals surface area contributed by atoms with Crippen molar-refractivity contribution in [2.45, 2.75) is 13.8 Å². The summed E-state index contributed by atoms with van der Waals surface area (Å²) < 4.78 is 0. The van der Waals surface area contributed by atoms with E-state index in [1.807, 2.05) is 84.9 Å². The van der Waals surface area contributed by atoms with Crippen LogP contribution in [0.4, 0.5) is 0 Å². The molecule has 0 radical (unpaired) electrons. The van der Waals surface area contributed by atoms with Crippen molar-refractivity contribution in [1.82, 2.24) is 0 Å². The molecule has 0 unspecified atom stereocenters. The zero-order valence-electron chi connectivity index (χ0n) is 16.3.